The summed E-state index contributed by atoms with van der Waals surface area (Å²) < 4.78 is 9.50. The van der Waals surface area contributed by atoms with Crippen LogP contribution in [0.3, 0.4) is 0 Å². The van der Waals surface area contributed by atoms with E-state index in [1.54, 1.807) is 16.7 Å². The van der Waals surface area contributed by atoms with E-state index in [1.165, 1.54) is 0 Å². The molecule has 1 amide bonds. The number of thioether (sulfide) groups is 1. The van der Waals surface area contributed by atoms with Crippen molar-refractivity contribution in [2.24, 2.45) is 0 Å². The zero-order valence-corrected chi connectivity index (χ0v) is 16.5. The molecule has 130 valence electrons. The Morgan fingerprint density at radius 3 is 2.65 bits per heavy atom. The predicted octanol–water partition coefficient (Wildman–Crippen LogP) is 2.48. The number of ether oxygens (including phenoxy) is 2. The molecule has 2 heterocycles. The molecule has 0 aromatic carbocycles. The van der Waals surface area contributed by atoms with Crippen LogP contribution in [0, 0.1) is 0 Å². The quantitative estimate of drug-likeness (QED) is 0.147. The summed E-state index contributed by atoms with van der Waals surface area (Å²) in [5.74, 6) is -0.910. The van der Waals surface area contributed by atoms with Gasteiger partial charge in [-0.15, -0.1) is 11.8 Å². The second-order valence-electron chi connectivity index (χ2n) is 6.22. The third kappa shape index (κ3) is 3.94. The third-order valence-electron chi connectivity index (χ3n) is 4.00. The molecule has 0 unspecified atom stereocenters. The molecule has 8 heteroatoms. The number of hydrogen-bond donors (Lipinski definition) is 0. The summed E-state index contributed by atoms with van der Waals surface area (Å²) in [5, 5.41) is 0.0206. The highest BCUT2D eigenvalue weighted by molar-refractivity contribution is 14.1. The number of alkyl halides is 1. The van der Waals surface area contributed by atoms with Crippen LogP contribution in [0.4, 0.5) is 0 Å². The van der Waals surface area contributed by atoms with E-state index in [2.05, 4.69) is 29.5 Å². The number of rotatable bonds is 7. The van der Waals surface area contributed by atoms with Crippen molar-refractivity contribution >= 4 is 52.2 Å². The van der Waals surface area contributed by atoms with Crippen molar-refractivity contribution in [1.82, 2.24) is 4.90 Å². The fraction of sp³-hybridized carbons (Fsp3) is 0.800. The van der Waals surface area contributed by atoms with Gasteiger partial charge in [0.05, 0.1) is 0 Å². The van der Waals surface area contributed by atoms with Crippen LogP contribution < -0.4 is 0 Å². The highest BCUT2D eigenvalue weighted by Gasteiger charge is 2.63. The average Bonchev–Trinajstić information content (AvgIpc) is 2.75. The smallest absolute Gasteiger partial charge is 0.333 e. The molecule has 0 aromatic rings. The lowest BCUT2D eigenvalue weighted by Crippen LogP contribution is -2.63. The van der Waals surface area contributed by atoms with Crippen molar-refractivity contribution < 1.29 is 23.9 Å². The molecule has 0 spiro atoms. The van der Waals surface area contributed by atoms with E-state index in [9.17, 15) is 14.4 Å². The fourth-order valence-corrected chi connectivity index (χ4v) is 5.42. The Hall–Kier alpha value is -0.510. The lowest BCUT2D eigenvalue weighted by Gasteiger charge is -2.41. The molecule has 2 saturated heterocycles. The van der Waals surface area contributed by atoms with Crippen molar-refractivity contribution in [3.8, 4) is 0 Å². The molecular formula is C15H22INO5S. The van der Waals surface area contributed by atoms with E-state index in [-0.39, 0.29) is 28.0 Å². The number of hydrogen-bond acceptors (Lipinski definition) is 6. The van der Waals surface area contributed by atoms with Crippen LogP contribution in [0.15, 0.2) is 0 Å². The van der Waals surface area contributed by atoms with Crippen molar-refractivity contribution in [3.63, 3.8) is 0 Å². The molecule has 6 nitrogen and oxygen atoms in total. The highest BCUT2D eigenvalue weighted by atomic mass is 127. The molecule has 2 fully saturated rings. The molecule has 0 bridgehead atoms. The minimum Gasteiger partial charge on any atom is -0.428 e. The van der Waals surface area contributed by atoms with Crippen molar-refractivity contribution in [3.05, 3.63) is 0 Å². The Bertz CT molecular complexity index is 498. The van der Waals surface area contributed by atoms with Gasteiger partial charge in [0.15, 0.2) is 0 Å². The lowest BCUT2D eigenvalue weighted by molar-refractivity contribution is -0.175. The molecule has 3 atom stereocenters. The van der Waals surface area contributed by atoms with Gasteiger partial charge in [0.2, 0.25) is 12.7 Å². The summed E-state index contributed by atoms with van der Waals surface area (Å²) in [6.07, 6.45) is 3.10. The molecular weight excluding hydrogens is 433 g/mol. The summed E-state index contributed by atoms with van der Waals surface area (Å²) in [6, 6.07) is -0.630. The second-order valence-corrected chi connectivity index (χ2v) is 9.33. The van der Waals surface area contributed by atoms with Crippen LogP contribution in [0.1, 0.15) is 46.5 Å². The molecule has 0 saturated carbocycles. The largest absolute Gasteiger partial charge is 0.428 e. The standard InChI is InChI=1S/C15H22INO5S/c1-4-5-6-7-9(18)21-8-22-14(20)11-15(2,3)23-13-10(16)12(19)17(11)13/h10-11,13H,4-8H2,1-3H3/t10-,11-,13+/m0/s1. The van der Waals surface area contributed by atoms with Crippen LogP contribution >= 0.6 is 34.4 Å². The minimum absolute atomic E-state index is 0.0206. The number of carbonyl (C=O) groups is 3. The maximum Gasteiger partial charge on any atom is 0.333 e. The molecule has 23 heavy (non-hydrogen) atoms. The number of esters is 2. The Balaban J connectivity index is 1.81. The number of carbonyl (C=O) groups excluding carboxylic acids is 3. The van der Waals surface area contributed by atoms with E-state index in [0.29, 0.717) is 6.42 Å². The predicted molar refractivity (Wildman–Crippen MR) is 95.1 cm³/mol. The Morgan fingerprint density at radius 2 is 2.00 bits per heavy atom. The number of nitrogens with zero attached hydrogens (tertiary/aromatic N) is 1. The second kappa shape index (κ2) is 7.58. The molecule has 0 N–H and O–H groups in total. The topological polar surface area (TPSA) is 72.9 Å². The first kappa shape index (κ1) is 18.8. The van der Waals surface area contributed by atoms with Crippen LogP contribution in [0.25, 0.3) is 0 Å². The summed E-state index contributed by atoms with van der Waals surface area (Å²) in [6.45, 7) is 5.52. The normalized spacial score (nSPS) is 28.1. The van der Waals surface area contributed by atoms with Gasteiger partial charge in [0.25, 0.3) is 0 Å². The van der Waals surface area contributed by atoms with Gasteiger partial charge in [-0.1, -0.05) is 42.4 Å². The number of unbranched alkanes of at least 4 members (excludes halogenated alkanes) is 2. The minimum atomic E-state index is -0.630. The maximum atomic E-state index is 12.3. The van der Waals surface area contributed by atoms with E-state index in [4.69, 9.17) is 9.47 Å². The van der Waals surface area contributed by atoms with Gasteiger partial charge in [-0.25, -0.2) is 4.79 Å². The molecule has 0 radical (unpaired) electrons. The van der Waals surface area contributed by atoms with Crippen molar-refractivity contribution in [1.29, 1.82) is 0 Å². The van der Waals surface area contributed by atoms with Gasteiger partial charge < -0.3 is 14.4 Å². The summed E-state index contributed by atoms with van der Waals surface area (Å²) >= 11 is 3.71. The van der Waals surface area contributed by atoms with Gasteiger partial charge in [0, 0.05) is 11.2 Å². The first-order chi connectivity index (χ1) is 10.8. The number of β-lactam (4-membered cyclic amide) rings is 1. The zero-order chi connectivity index (χ0) is 17.2. The summed E-state index contributed by atoms with van der Waals surface area (Å²) in [4.78, 5) is 37.4. The van der Waals surface area contributed by atoms with E-state index in [1.807, 2.05) is 13.8 Å². The fourth-order valence-electron chi connectivity index (χ4n) is 2.77. The Morgan fingerprint density at radius 1 is 1.30 bits per heavy atom. The number of halogens is 1. The van der Waals surface area contributed by atoms with Crippen LogP contribution in [0.5, 0.6) is 0 Å². The molecule has 2 rings (SSSR count). The van der Waals surface area contributed by atoms with Gasteiger partial charge >= 0.3 is 11.9 Å². The van der Waals surface area contributed by atoms with Crippen LogP contribution in [0.2, 0.25) is 0 Å². The van der Waals surface area contributed by atoms with Crippen LogP contribution in [-0.4, -0.2) is 49.6 Å². The lowest BCUT2D eigenvalue weighted by atomic mass is 9.98. The average molecular weight is 455 g/mol. The molecule has 0 aromatic heterocycles. The third-order valence-corrected chi connectivity index (χ3v) is 7.28. The SMILES string of the molecule is CCCCCC(=O)OCOC(=O)[C@@H]1N2C(=O)[C@H](I)[C@H]2SC1(C)C. The highest BCUT2D eigenvalue weighted by Crippen LogP contribution is 2.53. The first-order valence-corrected chi connectivity index (χ1v) is 9.88. The maximum absolute atomic E-state index is 12.3. The Kier molecular flexibility index (Phi) is 6.21. The van der Waals surface area contributed by atoms with Gasteiger partial charge in [-0.3, -0.25) is 9.59 Å². The van der Waals surface area contributed by atoms with Crippen molar-refractivity contribution in [2.45, 2.75) is 66.5 Å². The van der Waals surface area contributed by atoms with E-state index in [0.717, 1.165) is 19.3 Å². The molecule has 2 aliphatic heterocycles. The van der Waals surface area contributed by atoms with E-state index >= 15 is 0 Å². The summed E-state index contributed by atoms with van der Waals surface area (Å²) in [5.41, 5.74) is 0. The van der Waals surface area contributed by atoms with Gasteiger partial charge in [0.1, 0.15) is 15.3 Å². The zero-order valence-electron chi connectivity index (χ0n) is 13.5. The van der Waals surface area contributed by atoms with E-state index < -0.39 is 16.8 Å². The molecule has 0 aliphatic carbocycles. The van der Waals surface area contributed by atoms with Gasteiger partial charge in [-0.05, 0) is 20.3 Å². The summed E-state index contributed by atoms with van der Waals surface area (Å²) in [7, 11) is 0. The van der Waals surface area contributed by atoms with Gasteiger partial charge in [-0.2, -0.15) is 0 Å². The number of fused-ring (bicyclic) bond motifs is 1. The van der Waals surface area contributed by atoms with Crippen molar-refractivity contribution in [2.75, 3.05) is 6.79 Å². The number of amides is 1. The molecule has 2 aliphatic rings. The Labute approximate surface area is 154 Å². The van der Waals surface area contributed by atoms with Crippen LogP contribution in [-0.2, 0) is 23.9 Å². The first-order valence-electron chi connectivity index (χ1n) is 7.76. The monoisotopic (exact) mass is 455 g/mol.